The zero-order valence-electron chi connectivity index (χ0n) is 14.1. The monoisotopic (exact) mass is 389 g/mol. The fourth-order valence-corrected chi connectivity index (χ4v) is 7.39. The number of ketones is 1. The lowest BCUT2D eigenvalue weighted by Crippen LogP contribution is -2.53. The van der Waals surface area contributed by atoms with Crippen molar-refractivity contribution in [2.45, 2.75) is 56.2 Å². The predicted octanol–water partition coefficient (Wildman–Crippen LogP) is 4.95. The second-order valence-electron chi connectivity index (χ2n) is 8.47. The number of benzene rings is 1. The molecule has 0 radical (unpaired) electrons. The molecule has 3 nitrogen and oxygen atoms in total. The van der Waals surface area contributed by atoms with Crippen LogP contribution in [0.5, 0.6) is 0 Å². The maximum absolute atomic E-state index is 12.6. The van der Waals surface area contributed by atoms with Crippen LogP contribution < -0.4 is 5.32 Å². The molecule has 128 valence electrons. The lowest BCUT2D eigenvalue weighted by Gasteiger charge is -2.60. The summed E-state index contributed by atoms with van der Waals surface area (Å²) in [6.45, 7) is 1.55. The molecule has 0 aromatic heterocycles. The average molecular weight is 390 g/mol. The Morgan fingerprint density at radius 3 is 2.29 bits per heavy atom. The second-order valence-corrected chi connectivity index (χ2v) is 10.2. The summed E-state index contributed by atoms with van der Waals surface area (Å²) in [5.74, 6) is 1.76. The van der Waals surface area contributed by atoms with Gasteiger partial charge in [-0.2, -0.15) is 0 Å². The van der Waals surface area contributed by atoms with Crippen molar-refractivity contribution in [3.63, 3.8) is 0 Å². The van der Waals surface area contributed by atoms with E-state index in [0.29, 0.717) is 16.3 Å². The number of alkyl halides is 1. The first-order valence-corrected chi connectivity index (χ1v) is 9.74. The number of hydrogen-bond acceptors (Lipinski definition) is 2. The van der Waals surface area contributed by atoms with Gasteiger partial charge in [-0.15, -0.1) is 0 Å². The number of hydrogen-bond donors (Lipinski definition) is 1. The molecule has 4 aliphatic rings. The first kappa shape index (κ1) is 16.3. The molecule has 2 atom stereocenters. The van der Waals surface area contributed by atoms with Gasteiger partial charge in [0.15, 0.2) is 5.78 Å². The molecule has 1 amide bonds. The predicted molar refractivity (Wildman–Crippen MR) is 98.5 cm³/mol. The first-order valence-electron chi connectivity index (χ1n) is 8.95. The van der Waals surface area contributed by atoms with Gasteiger partial charge in [0.25, 0.3) is 0 Å². The summed E-state index contributed by atoms with van der Waals surface area (Å²) in [5.41, 5.74) is 1.65. The zero-order valence-corrected chi connectivity index (χ0v) is 15.7. The van der Waals surface area contributed by atoms with E-state index in [0.717, 1.165) is 23.9 Å². The smallest absolute Gasteiger partial charge is 0.224 e. The number of halogens is 1. The van der Waals surface area contributed by atoms with E-state index in [1.165, 1.54) is 32.1 Å². The van der Waals surface area contributed by atoms with Crippen LogP contribution in [0.3, 0.4) is 0 Å². The molecule has 0 saturated heterocycles. The van der Waals surface area contributed by atoms with E-state index in [1.54, 1.807) is 19.1 Å². The molecule has 1 N–H and O–H groups in total. The molecule has 2 unspecified atom stereocenters. The van der Waals surface area contributed by atoms with Crippen LogP contribution in [-0.4, -0.2) is 16.0 Å². The lowest BCUT2D eigenvalue weighted by atomic mass is 9.48. The number of anilines is 1. The fourth-order valence-electron chi connectivity index (χ4n) is 5.88. The SMILES string of the molecule is CC(=O)c1ccc(NC(=O)CC23CC4CC(CC(Br)(C4)C2)C3)cc1. The molecule has 5 rings (SSSR count). The van der Waals surface area contributed by atoms with Crippen LogP contribution in [-0.2, 0) is 4.79 Å². The highest BCUT2D eigenvalue weighted by Gasteiger charge is 2.57. The normalized spacial score (nSPS) is 36.6. The summed E-state index contributed by atoms with van der Waals surface area (Å²) in [7, 11) is 0. The topological polar surface area (TPSA) is 46.2 Å². The first-order chi connectivity index (χ1) is 11.3. The standard InChI is InChI=1S/C20H24BrNO2/c1-13(23)16-2-4-17(5-3-16)22-18(24)11-19-7-14-6-15(8-19)10-20(21,9-14)12-19/h2-5,14-15H,6-12H2,1H3,(H,22,24). The van der Waals surface area contributed by atoms with Crippen molar-refractivity contribution in [3.8, 4) is 0 Å². The minimum Gasteiger partial charge on any atom is -0.326 e. The van der Waals surface area contributed by atoms with Crippen LogP contribution in [0.15, 0.2) is 24.3 Å². The van der Waals surface area contributed by atoms with Gasteiger partial charge in [-0.1, -0.05) is 15.9 Å². The van der Waals surface area contributed by atoms with Gasteiger partial charge in [0.05, 0.1) is 0 Å². The van der Waals surface area contributed by atoms with Crippen molar-refractivity contribution < 1.29 is 9.59 Å². The van der Waals surface area contributed by atoms with E-state index in [2.05, 4.69) is 21.2 Å². The molecular weight excluding hydrogens is 366 g/mol. The van der Waals surface area contributed by atoms with Gasteiger partial charge < -0.3 is 5.32 Å². The summed E-state index contributed by atoms with van der Waals surface area (Å²) < 4.78 is 0.292. The Kier molecular flexibility index (Phi) is 3.87. The Morgan fingerprint density at radius 2 is 1.75 bits per heavy atom. The molecule has 4 saturated carbocycles. The van der Waals surface area contributed by atoms with E-state index in [4.69, 9.17) is 0 Å². The van der Waals surface area contributed by atoms with Crippen LogP contribution in [0.2, 0.25) is 0 Å². The summed E-state index contributed by atoms with van der Waals surface area (Å²) in [4.78, 5) is 24.0. The van der Waals surface area contributed by atoms with Gasteiger partial charge >= 0.3 is 0 Å². The van der Waals surface area contributed by atoms with E-state index in [-0.39, 0.29) is 17.1 Å². The van der Waals surface area contributed by atoms with E-state index < -0.39 is 0 Å². The summed E-state index contributed by atoms with van der Waals surface area (Å²) in [6, 6.07) is 7.19. The molecule has 24 heavy (non-hydrogen) atoms. The molecule has 4 aliphatic carbocycles. The Labute approximate surface area is 151 Å². The number of amides is 1. The molecule has 1 aromatic carbocycles. The third kappa shape index (κ3) is 3.05. The highest BCUT2D eigenvalue weighted by atomic mass is 79.9. The maximum Gasteiger partial charge on any atom is 0.224 e. The molecule has 0 heterocycles. The highest BCUT2D eigenvalue weighted by Crippen LogP contribution is 2.65. The van der Waals surface area contributed by atoms with E-state index in [9.17, 15) is 9.59 Å². The Hall–Kier alpha value is -1.16. The minimum atomic E-state index is 0.0454. The Morgan fingerprint density at radius 1 is 1.12 bits per heavy atom. The van der Waals surface area contributed by atoms with Crippen molar-refractivity contribution in [1.29, 1.82) is 0 Å². The van der Waals surface area contributed by atoms with Crippen molar-refractivity contribution >= 4 is 33.3 Å². The maximum atomic E-state index is 12.6. The van der Waals surface area contributed by atoms with Gasteiger partial charge in [0.1, 0.15) is 0 Å². The van der Waals surface area contributed by atoms with Crippen molar-refractivity contribution in [1.82, 2.24) is 0 Å². The second kappa shape index (κ2) is 5.69. The number of rotatable bonds is 4. The molecule has 4 fully saturated rings. The third-order valence-electron chi connectivity index (χ3n) is 6.22. The molecule has 0 spiro atoms. The van der Waals surface area contributed by atoms with Gasteiger partial charge in [-0.3, -0.25) is 9.59 Å². The minimum absolute atomic E-state index is 0.0454. The summed E-state index contributed by atoms with van der Waals surface area (Å²) in [6.07, 6.45) is 8.15. The van der Waals surface area contributed by atoms with Gasteiger partial charge in [0, 0.05) is 22.0 Å². The van der Waals surface area contributed by atoms with Gasteiger partial charge in [0.2, 0.25) is 5.91 Å². The molecule has 4 bridgehead atoms. The van der Waals surface area contributed by atoms with Crippen molar-refractivity contribution in [3.05, 3.63) is 29.8 Å². The van der Waals surface area contributed by atoms with Crippen LogP contribution in [0.1, 0.15) is 62.2 Å². The fraction of sp³-hybridized carbons (Fsp3) is 0.600. The third-order valence-corrected chi connectivity index (χ3v) is 7.15. The Balaban J connectivity index is 1.43. The van der Waals surface area contributed by atoms with E-state index in [1.807, 2.05) is 12.1 Å². The number of Topliss-reactive ketones (excluding diaryl/α,β-unsaturated/α-hetero) is 1. The lowest BCUT2D eigenvalue weighted by molar-refractivity contribution is -0.123. The zero-order chi connectivity index (χ0) is 16.9. The van der Waals surface area contributed by atoms with Crippen LogP contribution in [0.4, 0.5) is 5.69 Å². The van der Waals surface area contributed by atoms with Crippen molar-refractivity contribution in [2.24, 2.45) is 17.3 Å². The van der Waals surface area contributed by atoms with Crippen molar-refractivity contribution in [2.75, 3.05) is 5.32 Å². The van der Waals surface area contributed by atoms with Crippen LogP contribution in [0.25, 0.3) is 0 Å². The molecule has 0 aliphatic heterocycles. The molecule has 1 aromatic rings. The number of carbonyl (C=O) groups is 2. The quantitative estimate of drug-likeness (QED) is 0.584. The van der Waals surface area contributed by atoms with Gasteiger partial charge in [-0.05, 0) is 87.0 Å². The average Bonchev–Trinajstić information content (AvgIpc) is 2.44. The Bertz CT molecular complexity index is 667. The number of carbonyl (C=O) groups excluding carboxylic acids is 2. The number of nitrogens with one attached hydrogen (secondary N) is 1. The summed E-state index contributed by atoms with van der Waals surface area (Å²) in [5, 5.41) is 3.03. The van der Waals surface area contributed by atoms with Crippen LogP contribution >= 0.6 is 15.9 Å². The highest BCUT2D eigenvalue weighted by molar-refractivity contribution is 9.10. The molecule has 4 heteroatoms. The molecular formula is C20H24BrNO2. The van der Waals surface area contributed by atoms with Gasteiger partial charge in [-0.25, -0.2) is 0 Å². The largest absolute Gasteiger partial charge is 0.326 e. The summed E-state index contributed by atoms with van der Waals surface area (Å²) >= 11 is 4.01. The van der Waals surface area contributed by atoms with Crippen LogP contribution in [0, 0.1) is 17.3 Å². The van der Waals surface area contributed by atoms with E-state index >= 15 is 0 Å².